The number of rotatable bonds is 4. The normalized spacial score (nSPS) is 11.2. The lowest BCUT2D eigenvalue weighted by Crippen LogP contribution is -2.09. The number of nitrogens with zero attached hydrogens (tertiary/aromatic N) is 1. The molecule has 2 heteroatoms. The van der Waals surface area contributed by atoms with Crippen LogP contribution in [0.3, 0.4) is 0 Å². The Morgan fingerprint density at radius 2 is 1.06 bits per heavy atom. The third-order valence-corrected chi connectivity index (χ3v) is 7.30. The third-order valence-electron chi connectivity index (χ3n) is 6.14. The summed E-state index contributed by atoms with van der Waals surface area (Å²) < 4.78 is 2.65. The Kier molecular flexibility index (Phi) is 4.93. The number of hydrogen-bond donors (Lipinski definition) is 0. The van der Waals surface area contributed by atoms with Crippen LogP contribution in [-0.2, 0) is 0 Å². The van der Waals surface area contributed by atoms with Gasteiger partial charge in [0.1, 0.15) is 0 Å². The van der Waals surface area contributed by atoms with E-state index in [2.05, 4.69) is 133 Å². The topological polar surface area (TPSA) is 3.24 Å². The molecule has 0 saturated carbocycles. The van der Waals surface area contributed by atoms with E-state index in [1.54, 1.807) is 0 Å². The van der Waals surface area contributed by atoms with E-state index >= 15 is 0 Å². The van der Waals surface area contributed by atoms with Gasteiger partial charge in [0.15, 0.2) is 0 Å². The molecule has 0 aliphatic heterocycles. The molecule has 0 radical (unpaired) electrons. The number of hydrogen-bond acceptors (Lipinski definition) is 2. The van der Waals surface area contributed by atoms with E-state index in [4.69, 9.17) is 0 Å². The first-order chi connectivity index (χ1) is 16.3. The lowest BCUT2D eigenvalue weighted by molar-refractivity contribution is 1.28. The fraction of sp³-hybridized carbons (Fsp3) is 0.0323. The second-order valence-electron chi connectivity index (χ2n) is 8.36. The van der Waals surface area contributed by atoms with E-state index in [-0.39, 0.29) is 0 Å². The molecule has 0 fully saturated rings. The van der Waals surface area contributed by atoms with Gasteiger partial charge in [-0.3, -0.25) is 0 Å². The molecule has 33 heavy (non-hydrogen) atoms. The smallest absolute Gasteiger partial charge is 0.0468 e. The Morgan fingerprint density at radius 1 is 0.485 bits per heavy atom. The fourth-order valence-electron chi connectivity index (χ4n) is 4.43. The van der Waals surface area contributed by atoms with Gasteiger partial charge in [-0.05, 0) is 66.6 Å². The highest BCUT2D eigenvalue weighted by molar-refractivity contribution is 7.25. The molecule has 0 aliphatic rings. The van der Waals surface area contributed by atoms with Crippen molar-refractivity contribution in [2.75, 3.05) is 4.90 Å². The summed E-state index contributed by atoms with van der Waals surface area (Å²) in [5.74, 6) is 0. The van der Waals surface area contributed by atoms with Gasteiger partial charge in [0.2, 0.25) is 0 Å². The minimum atomic E-state index is 1.15. The van der Waals surface area contributed by atoms with E-state index in [0.29, 0.717) is 0 Å². The summed E-state index contributed by atoms with van der Waals surface area (Å²) in [5, 5.41) is 2.63. The predicted octanol–water partition coefficient (Wildman–Crippen LogP) is 9.50. The number of fused-ring (bicyclic) bond motifs is 3. The van der Waals surface area contributed by atoms with Crippen molar-refractivity contribution in [3.8, 4) is 11.1 Å². The van der Waals surface area contributed by atoms with Crippen molar-refractivity contribution in [1.29, 1.82) is 0 Å². The van der Waals surface area contributed by atoms with Crippen LogP contribution in [0.1, 0.15) is 5.56 Å². The molecule has 6 rings (SSSR count). The molecule has 0 amide bonds. The van der Waals surface area contributed by atoms with Crippen LogP contribution >= 0.6 is 11.3 Å². The molecule has 0 N–H and O–H groups in total. The zero-order valence-electron chi connectivity index (χ0n) is 18.4. The van der Waals surface area contributed by atoms with Crippen molar-refractivity contribution in [3.05, 3.63) is 127 Å². The number of anilines is 3. The van der Waals surface area contributed by atoms with Crippen LogP contribution < -0.4 is 4.90 Å². The third kappa shape index (κ3) is 3.69. The second-order valence-corrected chi connectivity index (χ2v) is 9.45. The highest BCUT2D eigenvalue weighted by atomic mass is 32.1. The summed E-state index contributed by atoms with van der Waals surface area (Å²) in [5.41, 5.74) is 7.20. The molecule has 0 atom stereocenters. The van der Waals surface area contributed by atoms with E-state index in [9.17, 15) is 0 Å². The first-order valence-corrected chi connectivity index (χ1v) is 12.0. The molecule has 0 spiro atoms. The Morgan fingerprint density at radius 3 is 1.82 bits per heavy atom. The standard InChI is InChI=1S/C31H23NS/c1-22-11-15-25(16-12-22)32(26-17-13-24(14-18-26)23-7-3-2-4-8-23)27-19-20-31-29(21-27)28-9-5-6-10-30(28)33-31/h2-21H,1H3. The first-order valence-electron chi connectivity index (χ1n) is 11.2. The summed E-state index contributed by atoms with van der Waals surface area (Å²) in [7, 11) is 0. The van der Waals surface area contributed by atoms with E-state index < -0.39 is 0 Å². The number of benzene rings is 5. The van der Waals surface area contributed by atoms with Crippen LogP contribution in [0.25, 0.3) is 31.3 Å². The SMILES string of the molecule is Cc1ccc(N(c2ccc(-c3ccccc3)cc2)c2ccc3sc4ccccc4c3c2)cc1. The van der Waals surface area contributed by atoms with Crippen LogP contribution in [0.15, 0.2) is 121 Å². The Balaban J connectivity index is 1.50. The van der Waals surface area contributed by atoms with Crippen LogP contribution in [0, 0.1) is 6.92 Å². The Bertz CT molecular complexity index is 1540. The molecule has 6 aromatic rings. The summed E-state index contributed by atoms with van der Waals surface area (Å²) >= 11 is 1.86. The van der Waals surface area contributed by atoms with Gasteiger partial charge in [0.25, 0.3) is 0 Å². The van der Waals surface area contributed by atoms with Crippen molar-refractivity contribution in [2.24, 2.45) is 0 Å². The molecule has 1 nitrogen and oxygen atoms in total. The molecule has 0 aliphatic carbocycles. The van der Waals surface area contributed by atoms with Gasteiger partial charge in [0, 0.05) is 37.2 Å². The van der Waals surface area contributed by atoms with Gasteiger partial charge in [-0.15, -0.1) is 11.3 Å². The largest absolute Gasteiger partial charge is 0.310 e. The average molecular weight is 442 g/mol. The minimum absolute atomic E-state index is 1.15. The quantitative estimate of drug-likeness (QED) is 0.263. The predicted molar refractivity (Wildman–Crippen MR) is 144 cm³/mol. The summed E-state index contributed by atoms with van der Waals surface area (Å²) in [6.07, 6.45) is 0. The van der Waals surface area contributed by atoms with Crippen molar-refractivity contribution >= 4 is 48.6 Å². The summed E-state index contributed by atoms with van der Waals surface area (Å²) in [6, 6.07) is 43.7. The lowest BCUT2D eigenvalue weighted by atomic mass is 10.0. The summed E-state index contributed by atoms with van der Waals surface area (Å²) in [6.45, 7) is 2.13. The van der Waals surface area contributed by atoms with Crippen LogP contribution in [0.4, 0.5) is 17.1 Å². The maximum atomic E-state index is 2.35. The monoisotopic (exact) mass is 441 g/mol. The number of aryl methyl sites for hydroxylation is 1. The second kappa shape index (κ2) is 8.23. The lowest BCUT2D eigenvalue weighted by Gasteiger charge is -2.26. The average Bonchev–Trinajstić information content (AvgIpc) is 3.24. The van der Waals surface area contributed by atoms with Gasteiger partial charge >= 0.3 is 0 Å². The Hall–Kier alpha value is -3.88. The molecule has 0 unspecified atom stereocenters. The van der Waals surface area contributed by atoms with Crippen molar-refractivity contribution < 1.29 is 0 Å². The maximum Gasteiger partial charge on any atom is 0.0468 e. The van der Waals surface area contributed by atoms with Gasteiger partial charge in [-0.2, -0.15) is 0 Å². The molecule has 1 aromatic heterocycles. The van der Waals surface area contributed by atoms with Crippen LogP contribution in [0.2, 0.25) is 0 Å². The zero-order valence-corrected chi connectivity index (χ0v) is 19.2. The molecule has 1 heterocycles. The molecule has 5 aromatic carbocycles. The fourth-order valence-corrected chi connectivity index (χ4v) is 5.51. The first kappa shape index (κ1) is 19.8. The highest BCUT2D eigenvalue weighted by Gasteiger charge is 2.15. The van der Waals surface area contributed by atoms with Gasteiger partial charge < -0.3 is 4.90 Å². The van der Waals surface area contributed by atoms with Gasteiger partial charge in [-0.1, -0.05) is 78.4 Å². The summed E-state index contributed by atoms with van der Waals surface area (Å²) in [4.78, 5) is 2.35. The van der Waals surface area contributed by atoms with E-state index in [0.717, 1.165) is 11.4 Å². The minimum Gasteiger partial charge on any atom is -0.310 e. The molecule has 0 saturated heterocycles. The van der Waals surface area contributed by atoms with Gasteiger partial charge in [-0.25, -0.2) is 0 Å². The van der Waals surface area contributed by atoms with E-state index in [1.165, 1.54) is 42.6 Å². The van der Waals surface area contributed by atoms with E-state index in [1.807, 2.05) is 11.3 Å². The Labute approximate surface area is 198 Å². The van der Waals surface area contributed by atoms with Crippen LogP contribution in [0.5, 0.6) is 0 Å². The van der Waals surface area contributed by atoms with Gasteiger partial charge in [0.05, 0.1) is 0 Å². The molecular weight excluding hydrogens is 418 g/mol. The van der Waals surface area contributed by atoms with Crippen molar-refractivity contribution in [2.45, 2.75) is 6.92 Å². The number of thiophene rings is 1. The molecule has 158 valence electrons. The van der Waals surface area contributed by atoms with Crippen LogP contribution in [-0.4, -0.2) is 0 Å². The van der Waals surface area contributed by atoms with Crippen molar-refractivity contribution in [1.82, 2.24) is 0 Å². The maximum absolute atomic E-state index is 2.35. The molecular formula is C31H23NS. The highest BCUT2D eigenvalue weighted by Crippen LogP contribution is 2.40. The molecule has 0 bridgehead atoms. The zero-order chi connectivity index (χ0) is 22.2. The van der Waals surface area contributed by atoms with Crippen molar-refractivity contribution in [3.63, 3.8) is 0 Å².